The van der Waals surface area contributed by atoms with Crippen LogP contribution in [0.5, 0.6) is 0 Å². The summed E-state index contributed by atoms with van der Waals surface area (Å²) in [7, 11) is 0. The average Bonchev–Trinajstić information content (AvgIpc) is 2.55. The molecule has 0 aliphatic carbocycles. The third-order valence-electron chi connectivity index (χ3n) is 2.89. The zero-order chi connectivity index (χ0) is 16.7. The van der Waals surface area contributed by atoms with Gasteiger partial charge in [-0.3, -0.25) is 4.79 Å². The van der Waals surface area contributed by atoms with Gasteiger partial charge in [-0.25, -0.2) is 4.79 Å². The summed E-state index contributed by atoms with van der Waals surface area (Å²) in [5.74, 6) is -1.40. The summed E-state index contributed by atoms with van der Waals surface area (Å²) in [4.78, 5) is 23.4. The molecule has 7 nitrogen and oxygen atoms in total. The number of hydrogen-bond donors (Lipinski definition) is 1. The minimum absolute atomic E-state index is 0.193. The quantitative estimate of drug-likeness (QED) is 0.507. The number of esters is 1. The first-order valence-electron chi connectivity index (χ1n) is 6.71. The molecule has 0 aliphatic rings. The van der Waals surface area contributed by atoms with Gasteiger partial charge in [0.25, 0.3) is 5.91 Å². The van der Waals surface area contributed by atoms with Gasteiger partial charge in [-0.05, 0) is 23.8 Å². The molecule has 0 fully saturated rings. The molecule has 1 aromatic carbocycles. The SMILES string of the molecule is N#CCc1ccc(NC(=O)COC(=O)c2cccc[n+]2[O-])cc1. The molecule has 7 heteroatoms. The Balaban J connectivity index is 1.87. The maximum Gasteiger partial charge on any atom is 0.405 e. The fourth-order valence-corrected chi connectivity index (χ4v) is 1.79. The number of ether oxygens (including phenoxy) is 1. The normalized spacial score (nSPS) is 9.70. The predicted octanol–water partition coefficient (Wildman–Crippen LogP) is 1.18. The molecule has 0 atom stereocenters. The van der Waals surface area contributed by atoms with Gasteiger partial charge in [0.05, 0.1) is 12.5 Å². The molecule has 1 heterocycles. The number of aromatic nitrogens is 1. The Labute approximate surface area is 132 Å². The lowest BCUT2D eigenvalue weighted by molar-refractivity contribution is -0.608. The molecule has 0 bridgehead atoms. The highest BCUT2D eigenvalue weighted by atomic mass is 16.5. The van der Waals surface area contributed by atoms with Gasteiger partial charge in [-0.2, -0.15) is 9.99 Å². The summed E-state index contributed by atoms with van der Waals surface area (Å²) < 4.78 is 5.16. The minimum atomic E-state index is -0.875. The zero-order valence-electron chi connectivity index (χ0n) is 12.1. The van der Waals surface area contributed by atoms with E-state index in [1.165, 1.54) is 24.4 Å². The van der Waals surface area contributed by atoms with E-state index in [1.807, 2.05) is 6.07 Å². The van der Waals surface area contributed by atoms with Gasteiger partial charge < -0.3 is 15.3 Å². The van der Waals surface area contributed by atoms with Crippen LogP contribution in [-0.2, 0) is 16.0 Å². The van der Waals surface area contributed by atoms with Crippen molar-refractivity contribution in [1.29, 1.82) is 5.26 Å². The number of rotatable bonds is 5. The Morgan fingerprint density at radius 1 is 1.22 bits per heavy atom. The van der Waals surface area contributed by atoms with Crippen LogP contribution in [0.2, 0.25) is 0 Å². The molecular formula is C16H13N3O4. The molecular weight excluding hydrogens is 298 g/mol. The first kappa shape index (κ1) is 16.0. The summed E-state index contributed by atoms with van der Waals surface area (Å²) in [6.45, 7) is -0.506. The molecule has 2 aromatic rings. The van der Waals surface area contributed by atoms with E-state index >= 15 is 0 Å². The standard InChI is InChI=1S/C16H13N3O4/c17-9-8-12-4-6-13(7-5-12)18-15(20)11-23-16(21)14-3-1-2-10-19(14)22/h1-7,10H,8,11H2,(H,18,20). The van der Waals surface area contributed by atoms with Crippen LogP contribution in [-0.4, -0.2) is 18.5 Å². The maximum atomic E-state index is 11.7. The Morgan fingerprint density at radius 2 is 1.96 bits per heavy atom. The van der Waals surface area contributed by atoms with Crippen molar-refractivity contribution in [1.82, 2.24) is 0 Å². The second-order valence-corrected chi connectivity index (χ2v) is 4.57. The number of benzene rings is 1. The van der Waals surface area contributed by atoms with E-state index in [1.54, 1.807) is 24.3 Å². The van der Waals surface area contributed by atoms with Crippen LogP contribution in [0.15, 0.2) is 48.7 Å². The number of nitrogens with zero attached hydrogens (tertiary/aromatic N) is 2. The number of nitriles is 1. The van der Waals surface area contributed by atoms with Gasteiger partial charge in [-0.1, -0.05) is 12.1 Å². The van der Waals surface area contributed by atoms with Gasteiger partial charge in [0.2, 0.25) is 0 Å². The molecule has 0 saturated carbocycles. The van der Waals surface area contributed by atoms with Crippen molar-refractivity contribution < 1.29 is 19.1 Å². The van der Waals surface area contributed by atoms with Crippen molar-refractivity contribution in [3.8, 4) is 6.07 Å². The van der Waals surface area contributed by atoms with Crippen molar-refractivity contribution in [2.75, 3.05) is 11.9 Å². The lowest BCUT2D eigenvalue weighted by Crippen LogP contribution is -2.35. The molecule has 1 amide bonds. The van der Waals surface area contributed by atoms with Gasteiger partial charge in [-0.15, -0.1) is 0 Å². The smallest absolute Gasteiger partial charge is 0.405 e. The van der Waals surface area contributed by atoms with E-state index in [-0.39, 0.29) is 12.1 Å². The monoisotopic (exact) mass is 311 g/mol. The summed E-state index contributed by atoms with van der Waals surface area (Å²) in [6.07, 6.45) is 1.46. The molecule has 116 valence electrons. The summed E-state index contributed by atoms with van der Waals surface area (Å²) in [5.41, 5.74) is 1.16. The van der Waals surface area contributed by atoms with E-state index in [0.717, 1.165) is 5.56 Å². The lowest BCUT2D eigenvalue weighted by atomic mass is 10.1. The maximum absolute atomic E-state index is 11.7. The highest BCUT2D eigenvalue weighted by Crippen LogP contribution is 2.09. The van der Waals surface area contributed by atoms with Crippen molar-refractivity contribution in [2.45, 2.75) is 6.42 Å². The number of nitrogens with one attached hydrogen (secondary N) is 1. The molecule has 0 unspecified atom stereocenters. The minimum Gasteiger partial charge on any atom is -0.618 e. The van der Waals surface area contributed by atoms with Crippen molar-refractivity contribution in [2.24, 2.45) is 0 Å². The van der Waals surface area contributed by atoms with Crippen LogP contribution >= 0.6 is 0 Å². The van der Waals surface area contributed by atoms with E-state index in [0.29, 0.717) is 10.4 Å². The molecule has 0 aliphatic heterocycles. The van der Waals surface area contributed by atoms with Gasteiger partial charge in [0.1, 0.15) is 0 Å². The van der Waals surface area contributed by atoms with Crippen LogP contribution in [0, 0.1) is 16.5 Å². The first-order chi connectivity index (χ1) is 11.1. The van der Waals surface area contributed by atoms with Crippen LogP contribution in [0.3, 0.4) is 0 Å². The number of amides is 1. The second-order valence-electron chi connectivity index (χ2n) is 4.57. The number of carbonyl (C=O) groups excluding carboxylic acids is 2. The van der Waals surface area contributed by atoms with Crippen LogP contribution in [0.1, 0.15) is 16.1 Å². The van der Waals surface area contributed by atoms with Crippen molar-refractivity contribution in [3.63, 3.8) is 0 Å². The van der Waals surface area contributed by atoms with Crippen LogP contribution in [0.25, 0.3) is 0 Å². The van der Waals surface area contributed by atoms with Gasteiger partial charge in [0.15, 0.2) is 12.8 Å². The Morgan fingerprint density at radius 3 is 2.61 bits per heavy atom. The largest absolute Gasteiger partial charge is 0.618 e. The fourth-order valence-electron chi connectivity index (χ4n) is 1.79. The van der Waals surface area contributed by atoms with E-state index < -0.39 is 18.5 Å². The number of hydrogen-bond acceptors (Lipinski definition) is 5. The topological polar surface area (TPSA) is 106 Å². The number of anilines is 1. The Kier molecular flexibility index (Phi) is 5.25. The summed E-state index contributed by atoms with van der Waals surface area (Å²) >= 11 is 0. The lowest BCUT2D eigenvalue weighted by Gasteiger charge is -2.07. The van der Waals surface area contributed by atoms with Crippen LogP contribution in [0.4, 0.5) is 5.69 Å². The Hall–Kier alpha value is -3.40. The molecule has 0 radical (unpaired) electrons. The molecule has 2 rings (SSSR count). The first-order valence-corrected chi connectivity index (χ1v) is 6.71. The molecule has 1 N–H and O–H groups in total. The Bertz CT molecular complexity index is 751. The van der Waals surface area contributed by atoms with E-state index in [4.69, 9.17) is 10.00 Å². The van der Waals surface area contributed by atoms with Gasteiger partial charge >= 0.3 is 11.7 Å². The highest BCUT2D eigenvalue weighted by molar-refractivity contribution is 5.94. The number of carbonyl (C=O) groups is 2. The highest BCUT2D eigenvalue weighted by Gasteiger charge is 2.18. The second kappa shape index (κ2) is 7.56. The molecule has 0 saturated heterocycles. The fraction of sp³-hybridized carbons (Fsp3) is 0.125. The summed E-state index contributed by atoms with van der Waals surface area (Å²) in [5, 5.41) is 22.5. The van der Waals surface area contributed by atoms with E-state index in [9.17, 15) is 14.8 Å². The summed E-state index contributed by atoms with van der Waals surface area (Å²) in [6, 6.07) is 13.1. The number of pyridine rings is 1. The van der Waals surface area contributed by atoms with E-state index in [2.05, 4.69) is 5.32 Å². The average molecular weight is 311 g/mol. The molecule has 0 spiro atoms. The predicted molar refractivity (Wildman–Crippen MR) is 80.1 cm³/mol. The van der Waals surface area contributed by atoms with Crippen molar-refractivity contribution >= 4 is 17.6 Å². The molecule has 1 aromatic heterocycles. The molecule has 23 heavy (non-hydrogen) atoms. The van der Waals surface area contributed by atoms with Crippen molar-refractivity contribution in [3.05, 3.63) is 65.1 Å². The zero-order valence-corrected chi connectivity index (χ0v) is 12.1. The van der Waals surface area contributed by atoms with Gasteiger partial charge in [0, 0.05) is 17.8 Å². The third kappa shape index (κ3) is 4.54. The van der Waals surface area contributed by atoms with Crippen LogP contribution < -0.4 is 10.0 Å². The third-order valence-corrected chi connectivity index (χ3v) is 2.89.